The average Bonchev–Trinajstić information content (AvgIpc) is 3.17. The van der Waals surface area contributed by atoms with E-state index in [2.05, 4.69) is 45.9 Å². The van der Waals surface area contributed by atoms with Gasteiger partial charge in [0.2, 0.25) is 5.91 Å². The van der Waals surface area contributed by atoms with Crippen LogP contribution in [0.3, 0.4) is 0 Å². The summed E-state index contributed by atoms with van der Waals surface area (Å²) < 4.78 is 1.82. The van der Waals surface area contributed by atoms with Gasteiger partial charge in [0, 0.05) is 12.6 Å². The van der Waals surface area contributed by atoms with E-state index in [0.717, 1.165) is 47.6 Å². The Morgan fingerprint density at radius 2 is 2.04 bits per heavy atom. The van der Waals surface area contributed by atoms with E-state index in [1.807, 2.05) is 16.8 Å². The zero-order chi connectivity index (χ0) is 19.5. The molecule has 3 heterocycles. The van der Waals surface area contributed by atoms with Crippen molar-refractivity contribution in [1.82, 2.24) is 24.6 Å². The first-order chi connectivity index (χ1) is 13.7. The Balaban J connectivity index is 1.53. The maximum Gasteiger partial charge on any atom is 0.233 e. The van der Waals surface area contributed by atoms with Gasteiger partial charge in [-0.1, -0.05) is 36.4 Å². The Morgan fingerprint density at radius 3 is 2.82 bits per heavy atom. The molecular weight excluding hydrogens is 370 g/mol. The molecule has 1 aromatic carbocycles. The first-order valence-electron chi connectivity index (χ1n) is 9.85. The fourth-order valence-electron chi connectivity index (χ4n) is 3.78. The van der Waals surface area contributed by atoms with Crippen LogP contribution in [0.1, 0.15) is 38.2 Å². The fraction of sp³-hybridized carbons (Fsp3) is 0.429. The molecule has 0 bridgehead atoms. The van der Waals surface area contributed by atoms with Crippen molar-refractivity contribution in [3.63, 3.8) is 0 Å². The highest BCUT2D eigenvalue weighted by Gasteiger charge is 2.25. The molecule has 2 aromatic heterocycles. The third-order valence-corrected chi connectivity index (χ3v) is 6.35. The summed E-state index contributed by atoms with van der Waals surface area (Å²) in [6.07, 6.45) is 7.81. The van der Waals surface area contributed by atoms with Crippen LogP contribution in [0.25, 0.3) is 16.7 Å². The van der Waals surface area contributed by atoms with Gasteiger partial charge in [0.1, 0.15) is 11.4 Å². The standard InChI is InChI=1S/C21H25N5OS/c1-3-16-6-4-5-11-25(16)19(27)13-28-21-18-12-24-26(20(18)22-14-23-21)17-9-7-15(2)8-10-17/h7-10,12,14,16H,3-6,11,13H2,1-2H3/t16-/m0/s1. The number of aryl methyl sites for hydroxylation is 1. The second-order valence-electron chi connectivity index (χ2n) is 7.24. The van der Waals surface area contributed by atoms with E-state index in [1.165, 1.54) is 23.7 Å². The van der Waals surface area contributed by atoms with E-state index in [9.17, 15) is 4.79 Å². The minimum Gasteiger partial charge on any atom is -0.339 e. The summed E-state index contributed by atoms with van der Waals surface area (Å²) in [7, 11) is 0. The van der Waals surface area contributed by atoms with Gasteiger partial charge in [-0.15, -0.1) is 0 Å². The van der Waals surface area contributed by atoms with Crippen LogP contribution in [-0.4, -0.2) is 48.9 Å². The molecule has 146 valence electrons. The van der Waals surface area contributed by atoms with Crippen molar-refractivity contribution in [3.05, 3.63) is 42.4 Å². The van der Waals surface area contributed by atoms with E-state index in [-0.39, 0.29) is 5.91 Å². The van der Waals surface area contributed by atoms with E-state index < -0.39 is 0 Å². The molecule has 0 unspecified atom stereocenters. The van der Waals surface area contributed by atoms with Gasteiger partial charge in [-0.2, -0.15) is 5.10 Å². The van der Waals surface area contributed by atoms with Gasteiger partial charge >= 0.3 is 0 Å². The highest BCUT2D eigenvalue weighted by atomic mass is 32.2. The Morgan fingerprint density at radius 1 is 1.21 bits per heavy atom. The van der Waals surface area contributed by atoms with Crippen LogP contribution in [0.15, 0.2) is 41.8 Å². The van der Waals surface area contributed by atoms with Gasteiger partial charge in [0.15, 0.2) is 5.65 Å². The quantitative estimate of drug-likeness (QED) is 0.482. The molecule has 28 heavy (non-hydrogen) atoms. The second-order valence-corrected chi connectivity index (χ2v) is 8.21. The number of piperidine rings is 1. The Labute approximate surface area is 169 Å². The molecule has 1 saturated heterocycles. The maximum absolute atomic E-state index is 12.8. The number of carbonyl (C=O) groups excluding carboxylic acids is 1. The van der Waals surface area contributed by atoms with Crippen LogP contribution in [-0.2, 0) is 4.79 Å². The summed E-state index contributed by atoms with van der Waals surface area (Å²) in [5.41, 5.74) is 2.93. The van der Waals surface area contributed by atoms with Crippen molar-refractivity contribution in [1.29, 1.82) is 0 Å². The van der Waals surface area contributed by atoms with Crippen molar-refractivity contribution in [3.8, 4) is 5.69 Å². The summed E-state index contributed by atoms with van der Waals surface area (Å²) >= 11 is 1.48. The lowest BCUT2D eigenvalue weighted by Gasteiger charge is -2.35. The lowest BCUT2D eigenvalue weighted by molar-refractivity contribution is -0.132. The zero-order valence-electron chi connectivity index (χ0n) is 16.3. The summed E-state index contributed by atoms with van der Waals surface area (Å²) in [5.74, 6) is 0.604. The topological polar surface area (TPSA) is 63.9 Å². The fourth-order valence-corrected chi connectivity index (χ4v) is 4.63. The number of aromatic nitrogens is 4. The Kier molecular flexibility index (Phi) is 5.62. The van der Waals surface area contributed by atoms with Gasteiger partial charge in [0.25, 0.3) is 0 Å². The number of hydrogen-bond donors (Lipinski definition) is 0. The predicted octanol–water partition coefficient (Wildman–Crippen LogP) is 4.01. The number of likely N-dealkylation sites (tertiary alicyclic amines) is 1. The Hall–Kier alpha value is -2.41. The van der Waals surface area contributed by atoms with Crippen LogP contribution >= 0.6 is 11.8 Å². The molecule has 4 rings (SSSR count). The molecule has 3 aromatic rings. The molecule has 7 heteroatoms. The minimum atomic E-state index is 0.203. The van der Waals surface area contributed by atoms with Gasteiger partial charge < -0.3 is 4.90 Å². The van der Waals surface area contributed by atoms with Crippen LogP contribution in [0, 0.1) is 6.92 Å². The minimum absolute atomic E-state index is 0.203. The number of nitrogens with zero attached hydrogens (tertiary/aromatic N) is 5. The number of hydrogen-bond acceptors (Lipinski definition) is 5. The monoisotopic (exact) mass is 395 g/mol. The molecule has 1 aliphatic heterocycles. The van der Waals surface area contributed by atoms with Crippen molar-refractivity contribution in [2.24, 2.45) is 0 Å². The van der Waals surface area contributed by atoms with Crippen LogP contribution in [0.2, 0.25) is 0 Å². The molecule has 1 aliphatic rings. The molecule has 0 N–H and O–H groups in total. The number of rotatable bonds is 5. The molecule has 0 aliphatic carbocycles. The number of fused-ring (bicyclic) bond motifs is 1. The molecule has 1 fully saturated rings. The number of amides is 1. The number of benzene rings is 1. The van der Waals surface area contributed by atoms with E-state index in [1.54, 1.807) is 12.5 Å². The molecule has 6 nitrogen and oxygen atoms in total. The van der Waals surface area contributed by atoms with Crippen molar-refractivity contribution >= 4 is 28.7 Å². The maximum atomic E-state index is 12.8. The normalized spacial score (nSPS) is 17.2. The highest BCUT2D eigenvalue weighted by Crippen LogP contribution is 2.27. The van der Waals surface area contributed by atoms with Crippen LogP contribution in [0.4, 0.5) is 0 Å². The summed E-state index contributed by atoms with van der Waals surface area (Å²) in [4.78, 5) is 23.7. The first-order valence-corrected chi connectivity index (χ1v) is 10.8. The van der Waals surface area contributed by atoms with Gasteiger partial charge in [-0.3, -0.25) is 4.79 Å². The summed E-state index contributed by atoms with van der Waals surface area (Å²) in [6.45, 7) is 5.10. The SMILES string of the molecule is CC[C@H]1CCCCN1C(=O)CSc1ncnc2c1cnn2-c1ccc(C)cc1. The molecule has 1 amide bonds. The van der Waals surface area contributed by atoms with Gasteiger partial charge in [-0.05, 0) is 44.7 Å². The first kappa shape index (κ1) is 18.9. The Bertz CT molecular complexity index is 969. The van der Waals surface area contributed by atoms with Gasteiger partial charge in [0.05, 0.1) is 23.0 Å². The third kappa shape index (κ3) is 3.76. The molecule has 0 radical (unpaired) electrons. The smallest absolute Gasteiger partial charge is 0.233 e. The summed E-state index contributed by atoms with van der Waals surface area (Å²) in [5, 5.41) is 6.19. The van der Waals surface area contributed by atoms with Crippen molar-refractivity contribution in [2.75, 3.05) is 12.3 Å². The van der Waals surface area contributed by atoms with E-state index >= 15 is 0 Å². The predicted molar refractivity (Wildman–Crippen MR) is 112 cm³/mol. The summed E-state index contributed by atoms with van der Waals surface area (Å²) in [6, 6.07) is 8.56. The second kappa shape index (κ2) is 8.31. The largest absolute Gasteiger partial charge is 0.339 e. The zero-order valence-corrected chi connectivity index (χ0v) is 17.2. The van der Waals surface area contributed by atoms with Gasteiger partial charge in [-0.25, -0.2) is 14.6 Å². The third-order valence-electron chi connectivity index (χ3n) is 5.36. The average molecular weight is 396 g/mol. The van der Waals surface area contributed by atoms with Crippen LogP contribution in [0.5, 0.6) is 0 Å². The van der Waals surface area contributed by atoms with Crippen molar-refractivity contribution < 1.29 is 4.79 Å². The van der Waals surface area contributed by atoms with Crippen LogP contribution < -0.4 is 0 Å². The number of thioether (sulfide) groups is 1. The highest BCUT2D eigenvalue weighted by molar-refractivity contribution is 8.00. The molecule has 1 atom stereocenters. The van der Waals surface area contributed by atoms with Crippen molar-refractivity contribution in [2.45, 2.75) is 50.6 Å². The molecule has 0 saturated carbocycles. The van der Waals surface area contributed by atoms with E-state index in [4.69, 9.17) is 0 Å². The lowest BCUT2D eigenvalue weighted by atomic mass is 10.0. The lowest BCUT2D eigenvalue weighted by Crippen LogP contribution is -2.44. The molecular formula is C21H25N5OS. The number of carbonyl (C=O) groups is 1. The van der Waals surface area contributed by atoms with E-state index in [0.29, 0.717) is 11.8 Å². The molecule has 0 spiro atoms.